The van der Waals surface area contributed by atoms with E-state index in [0.29, 0.717) is 5.92 Å². The normalized spacial score (nSPS) is 23.8. The summed E-state index contributed by atoms with van der Waals surface area (Å²) >= 11 is 7.03. The van der Waals surface area contributed by atoms with Crippen molar-refractivity contribution in [3.05, 3.63) is 26.9 Å². The first-order chi connectivity index (χ1) is 7.87. The summed E-state index contributed by atoms with van der Waals surface area (Å²) in [5.74, 6) is 1.35. The molecule has 1 aliphatic carbocycles. The van der Waals surface area contributed by atoms with Crippen LogP contribution in [0.15, 0.2) is 21.2 Å². The molecule has 2 atom stereocenters. The molecule has 4 heteroatoms. The van der Waals surface area contributed by atoms with E-state index in [1.807, 2.05) is 6.20 Å². The van der Waals surface area contributed by atoms with Crippen LogP contribution in [0.5, 0.6) is 0 Å². The average Bonchev–Trinajstić information content (AvgIpc) is 2.93. The third-order valence-corrected chi connectivity index (χ3v) is 4.07. The van der Waals surface area contributed by atoms with Gasteiger partial charge in [0.2, 0.25) is 0 Å². The molecule has 0 radical (unpaired) electrons. The molecule has 1 saturated carbocycles. The molecule has 94 valence electrons. The van der Waals surface area contributed by atoms with E-state index < -0.39 is 0 Å². The molecule has 0 bridgehead atoms. The van der Waals surface area contributed by atoms with E-state index in [-0.39, 0.29) is 5.54 Å². The predicted molar refractivity (Wildman–Crippen MR) is 78.2 cm³/mol. The Morgan fingerprint density at radius 2 is 2.12 bits per heavy atom. The van der Waals surface area contributed by atoms with Crippen LogP contribution in [0.3, 0.4) is 0 Å². The lowest BCUT2D eigenvalue weighted by Crippen LogP contribution is -2.37. The third kappa shape index (κ3) is 3.76. The Labute approximate surface area is 120 Å². The zero-order chi connectivity index (χ0) is 12.6. The van der Waals surface area contributed by atoms with Gasteiger partial charge < -0.3 is 5.32 Å². The molecule has 1 fully saturated rings. The van der Waals surface area contributed by atoms with Crippen molar-refractivity contribution in [2.45, 2.75) is 38.6 Å². The summed E-state index contributed by atoms with van der Waals surface area (Å²) in [6, 6.07) is 2.08. The minimum atomic E-state index is 0.206. The maximum absolute atomic E-state index is 4.51. The van der Waals surface area contributed by atoms with E-state index in [4.69, 9.17) is 0 Å². The monoisotopic (exact) mass is 360 g/mol. The zero-order valence-electron chi connectivity index (χ0n) is 10.4. The lowest BCUT2D eigenvalue weighted by molar-refractivity contribution is 0.414. The van der Waals surface area contributed by atoms with Gasteiger partial charge in [-0.25, -0.2) is 0 Å². The molecule has 0 spiro atoms. The molecule has 17 heavy (non-hydrogen) atoms. The molecule has 1 heterocycles. The molecule has 2 rings (SSSR count). The van der Waals surface area contributed by atoms with Gasteiger partial charge in [0.1, 0.15) is 0 Å². The Kier molecular flexibility index (Phi) is 3.96. The van der Waals surface area contributed by atoms with Gasteiger partial charge in [0.05, 0.1) is 5.69 Å². The number of hydrogen-bond donors (Lipinski definition) is 1. The average molecular weight is 362 g/mol. The molecule has 2 nitrogen and oxygen atoms in total. The highest BCUT2D eigenvalue weighted by Crippen LogP contribution is 2.48. The second-order valence-corrected chi connectivity index (χ2v) is 7.52. The first-order valence-corrected chi connectivity index (χ1v) is 7.51. The van der Waals surface area contributed by atoms with Crippen molar-refractivity contribution in [2.24, 2.45) is 5.92 Å². The largest absolute Gasteiger partial charge is 0.312 e. The lowest BCUT2D eigenvalue weighted by Gasteiger charge is -2.20. The Hall–Kier alpha value is 0.0700. The number of nitrogens with one attached hydrogen (secondary N) is 1. The predicted octanol–water partition coefficient (Wildman–Crippen LogP) is 4.10. The highest BCUT2D eigenvalue weighted by atomic mass is 79.9. The number of aromatic nitrogens is 1. The van der Waals surface area contributed by atoms with Crippen molar-refractivity contribution in [3.8, 4) is 0 Å². The highest BCUT2D eigenvalue weighted by Gasteiger charge is 2.40. The van der Waals surface area contributed by atoms with E-state index >= 15 is 0 Å². The minimum absolute atomic E-state index is 0.206. The summed E-state index contributed by atoms with van der Waals surface area (Å²) in [5, 5.41) is 3.56. The summed E-state index contributed by atoms with van der Waals surface area (Å²) < 4.78 is 2.15. The first-order valence-electron chi connectivity index (χ1n) is 5.93. The van der Waals surface area contributed by atoms with E-state index in [0.717, 1.165) is 21.4 Å². The summed E-state index contributed by atoms with van der Waals surface area (Å²) in [7, 11) is 0. The van der Waals surface area contributed by atoms with Gasteiger partial charge in [0.15, 0.2) is 0 Å². The van der Waals surface area contributed by atoms with Crippen LogP contribution >= 0.6 is 31.9 Å². The molecule has 2 unspecified atom stereocenters. The smallest absolute Gasteiger partial charge is 0.0580 e. The molecular formula is C13H18Br2N2. The standard InChI is InChI=1S/C13H18Br2N2/c1-13(2,3)17-6-8-4-10(8)12-11(15)5-9(14)7-16-12/h5,7-8,10,17H,4,6H2,1-3H3. The van der Waals surface area contributed by atoms with Crippen molar-refractivity contribution in [2.75, 3.05) is 6.54 Å². The van der Waals surface area contributed by atoms with Crippen molar-refractivity contribution < 1.29 is 0 Å². The zero-order valence-corrected chi connectivity index (χ0v) is 13.6. The highest BCUT2D eigenvalue weighted by molar-refractivity contribution is 9.11. The van der Waals surface area contributed by atoms with Crippen LogP contribution in [0.1, 0.15) is 38.8 Å². The number of hydrogen-bond acceptors (Lipinski definition) is 2. The number of halogens is 2. The maximum Gasteiger partial charge on any atom is 0.0580 e. The van der Waals surface area contributed by atoms with Gasteiger partial charge in [-0.1, -0.05) is 0 Å². The number of rotatable bonds is 3. The van der Waals surface area contributed by atoms with Gasteiger partial charge in [-0.15, -0.1) is 0 Å². The SMILES string of the molecule is CC(C)(C)NCC1CC1c1ncc(Br)cc1Br. The maximum atomic E-state index is 4.51. The van der Waals surface area contributed by atoms with Gasteiger partial charge in [0.25, 0.3) is 0 Å². The van der Waals surface area contributed by atoms with Crippen LogP contribution in [0.2, 0.25) is 0 Å². The molecule has 0 aromatic carbocycles. The van der Waals surface area contributed by atoms with Crippen LogP contribution in [0, 0.1) is 5.92 Å². The van der Waals surface area contributed by atoms with Gasteiger partial charge in [-0.2, -0.15) is 0 Å². The molecule has 1 N–H and O–H groups in total. The Balaban J connectivity index is 1.94. The van der Waals surface area contributed by atoms with Crippen molar-refractivity contribution >= 4 is 31.9 Å². The molecule has 1 aromatic rings. The summed E-state index contributed by atoms with van der Waals surface area (Å²) in [4.78, 5) is 4.51. The second-order valence-electron chi connectivity index (χ2n) is 5.75. The molecule has 1 aliphatic rings. The third-order valence-electron chi connectivity index (χ3n) is 3.00. The second kappa shape index (κ2) is 4.98. The fourth-order valence-electron chi connectivity index (χ4n) is 1.94. The lowest BCUT2D eigenvalue weighted by atomic mass is 10.1. The molecule has 0 saturated heterocycles. The molecular weight excluding hydrogens is 344 g/mol. The fraction of sp³-hybridized carbons (Fsp3) is 0.615. The van der Waals surface area contributed by atoms with Crippen molar-refractivity contribution in [3.63, 3.8) is 0 Å². The van der Waals surface area contributed by atoms with E-state index in [2.05, 4.69) is 69.0 Å². The summed E-state index contributed by atoms with van der Waals surface area (Å²) in [6.07, 6.45) is 3.13. The van der Waals surface area contributed by atoms with Gasteiger partial charge in [0, 0.05) is 26.6 Å². The van der Waals surface area contributed by atoms with Gasteiger partial charge in [-0.05, 0) is 77.6 Å². The number of nitrogens with zero attached hydrogens (tertiary/aromatic N) is 1. The molecule has 0 aliphatic heterocycles. The van der Waals surface area contributed by atoms with Crippen LogP contribution in [-0.4, -0.2) is 17.1 Å². The van der Waals surface area contributed by atoms with E-state index in [1.54, 1.807) is 0 Å². The minimum Gasteiger partial charge on any atom is -0.312 e. The Bertz CT molecular complexity index is 412. The first kappa shape index (κ1) is 13.5. The summed E-state index contributed by atoms with van der Waals surface area (Å²) in [5.41, 5.74) is 1.41. The number of pyridine rings is 1. The Morgan fingerprint density at radius 3 is 2.71 bits per heavy atom. The quantitative estimate of drug-likeness (QED) is 0.876. The van der Waals surface area contributed by atoms with Gasteiger partial charge in [-0.3, -0.25) is 4.98 Å². The van der Waals surface area contributed by atoms with Crippen LogP contribution in [0.25, 0.3) is 0 Å². The summed E-state index contributed by atoms with van der Waals surface area (Å²) in [6.45, 7) is 7.70. The molecule has 1 aromatic heterocycles. The van der Waals surface area contributed by atoms with E-state index in [9.17, 15) is 0 Å². The van der Waals surface area contributed by atoms with E-state index in [1.165, 1.54) is 12.1 Å². The van der Waals surface area contributed by atoms with Crippen molar-refractivity contribution in [1.82, 2.24) is 10.3 Å². The fourth-order valence-corrected chi connectivity index (χ4v) is 3.22. The molecule has 0 amide bonds. The van der Waals surface area contributed by atoms with Crippen LogP contribution < -0.4 is 5.32 Å². The van der Waals surface area contributed by atoms with Crippen LogP contribution in [0.4, 0.5) is 0 Å². The van der Waals surface area contributed by atoms with Crippen molar-refractivity contribution in [1.29, 1.82) is 0 Å². The Morgan fingerprint density at radius 1 is 1.41 bits per heavy atom. The topological polar surface area (TPSA) is 24.9 Å². The van der Waals surface area contributed by atoms with Gasteiger partial charge >= 0.3 is 0 Å². The van der Waals surface area contributed by atoms with Crippen LogP contribution in [-0.2, 0) is 0 Å².